The molecule has 2 rings (SSSR count). The summed E-state index contributed by atoms with van der Waals surface area (Å²) in [6.07, 6.45) is 0. The van der Waals surface area contributed by atoms with E-state index in [2.05, 4.69) is 14.1 Å². The summed E-state index contributed by atoms with van der Waals surface area (Å²) in [7, 11) is 6.88. The maximum Gasteiger partial charge on any atom is 0.339 e. The number of benzene rings is 1. The van der Waals surface area contributed by atoms with Gasteiger partial charge in [-0.3, -0.25) is 0 Å². The highest BCUT2D eigenvalue weighted by Gasteiger charge is 2.35. The van der Waals surface area contributed by atoms with Crippen LogP contribution >= 0.6 is 0 Å². The molecule has 0 saturated carbocycles. The van der Waals surface area contributed by atoms with Gasteiger partial charge in [0.25, 0.3) is 0 Å². The van der Waals surface area contributed by atoms with Crippen molar-refractivity contribution in [1.82, 2.24) is 0 Å². The van der Waals surface area contributed by atoms with E-state index in [9.17, 15) is 9.59 Å². The Bertz CT molecular complexity index is 768. The zero-order chi connectivity index (χ0) is 18.8. The van der Waals surface area contributed by atoms with E-state index in [1.165, 1.54) is 14.2 Å². The first-order valence-electron chi connectivity index (χ1n) is 8.19. The number of esters is 2. The molecule has 0 radical (unpaired) electrons. The zero-order valence-corrected chi connectivity index (χ0v) is 15.8. The van der Waals surface area contributed by atoms with Gasteiger partial charge in [-0.25, -0.2) is 9.59 Å². The third-order valence-corrected chi connectivity index (χ3v) is 4.41. The maximum absolute atomic E-state index is 12.7. The van der Waals surface area contributed by atoms with Gasteiger partial charge in [0, 0.05) is 11.1 Å². The molecule has 0 aliphatic carbocycles. The number of quaternary nitrogens is 1. The minimum atomic E-state index is -0.529. The molecule has 1 aliphatic heterocycles. The SMILES string of the molecule is COC(=O)/C1=C(\C(=O)OC)c2ccccc2C[N+](C)(C)CC1=C(C)C. The van der Waals surface area contributed by atoms with E-state index in [-0.39, 0.29) is 5.57 Å². The van der Waals surface area contributed by atoms with Crippen LogP contribution in [0.5, 0.6) is 0 Å². The molecule has 0 amide bonds. The highest BCUT2D eigenvalue weighted by atomic mass is 16.5. The van der Waals surface area contributed by atoms with Crippen LogP contribution in [-0.4, -0.2) is 51.3 Å². The van der Waals surface area contributed by atoms with Crippen molar-refractivity contribution in [3.05, 3.63) is 52.1 Å². The van der Waals surface area contributed by atoms with Crippen molar-refractivity contribution in [2.24, 2.45) is 0 Å². The average molecular weight is 344 g/mol. The third-order valence-electron chi connectivity index (χ3n) is 4.41. The Kier molecular flexibility index (Phi) is 5.48. The molecule has 25 heavy (non-hydrogen) atoms. The lowest BCUT2D eigenvalue weighted by Gasteiger charge is -2.35. The maximum atomic E-state index is 12.7. The van der Waals surface area contributed by atoms with Crippen LogP contribution in [-0.2, 0) is 25.6 Å². The van der Waals surface area contributed by atoms with Gasteiger partial charge < -0.3 is 14.0 Å². The second-order valence-electron chi connectivity index (χ2n) is 7.12. The largest absolute Gasteiger partial charge is 0.465 e. The number of nitrogens with zero attached hydrogens (tertiary/aromatic N) is 1. The number of methoxy groups -OCH3 is 2. The number of carbonyl (C=O) groups is 2. The molecular formula is C20H26NO4+. The molecular weight excluding hydrogens is 318 g/mol. The summed E-state index contributed by atoms with van der Waals surface area (Å²) in [6, 6.07) is 7.65. The normalized spacial score (nSPS) is 19.4. The molecule has 134 valence electrons. The molecule has 1 heterocycles. The summed E-state index contributed by atoms with van der Waals surface area (Å²) < 4.78 is 10.7. The van der Waals surface area contributed by atoms with Crippen molar-refractivity contribution in [3.8, 4) is 0 Å². The quantitative estimate of drug-likeness (QED) is 0.611. The van der Waals surface area contributed by atoms with Gasteiger partial charge in [0.2, 0.25) is 0 Å². The first kappa shape index (κ1) is 18.9. The number of rotatable bonds is 2. The van der Waals surface area contributed by atoms with Crippen molar-refractivity contribution >= 4 is 17.5 Å². The van der Waals surface area contributed by atoms with E-state index in [4.69, 9.17) is 9.47 Å². The molecule has 0 aromatic heterocycles. The number of allylic oxidation sites excluding steroid dienone is 1. The molecule has 0 saturated heterocycles. The molecule has 0 fully saturated rings. The van der Waals surface area contributed by atoms with Crippen molar-refractivity contribution in [1.29, 1.82) is 0 Å². The van der Waals surface area contributed by atoms with Crippen LogP contribution in [0.3, 0.4) is 0 Å². The minimum Gasteiger partial charge on any atom is -0.465 e. The second-order valence-corrected chi connectivity index (χ2v) is 7.12. The van der Waals surface area contributed by atoms with Gasteiger partial charge in [0.05, 0.1) is 39.5 Å². The van der Waals surface area contributed by atoms with Gasteiger partial charge in [-0.15, -0.1) is 0 Å². The van der Waals surface area contributed by atoms with E-state index >= 15 is 0 Å². The summed E-state index contributed by atoms with van der Waals surface area (Å²) in [5.41, 5.74) is 4.11. The van der Waals surface area contributed by atoms with Gasteiger partial charge in [-0.2, -0.15) is 0 Å². The second kappa shape index (κ2) is 7.23. The molecule has 0 atom stereocenters. The van der Waals surface area contributed by atoms with Gasteiger partial charge in [0.15, 0.2) is 0 Å². The summed E-state index contributed by atoms with van der Waals surface area (Å²) >= 11 is 0. The first-order chi connectivity index (χ1) is 11.7. The minimum absolute atomic E-state index is 0.279. The monoisotopic (exact) mass is 344 g/mol. The molecule has 1 aromatic carbocycles. The van der Waals surface area contributed by atoms with Crippen molar-refractivity contribution in [3.63, 3.8) is 0 Å². The summed E-state index contributed by atoms with van der Waals surface area (Å²) in [6.45, 7) is 5.24. The Balaban J connectivity index is 2.97. The predicted octanol–water partition coefficient (Wildman–Crippen LogP) is 2.71. The standard InChI is InChI=1S/C20H26NO4/c1-13(2)16-12-21(3,4)11-14-9-7-8-10-15(14)17(19(22)24-5)18(16)20(23)25-6/h7-10H,11-12H2,1-6H3/q+1/b18-17-. The van der Waals surface area contributed by atoms with Crippen LogP contribution in [0.1, 0.15) is 25.0 Å². The Morgan fingerprint density at radius 2 is 1.48 bits per heavy atom. The van der Waals surface area contributed by atoms with Gasteiger partial charge >= 0.3 is 11.9 Å². The van der Waals surface area contributed by atoms with Gasteiger partial charge in [-0.05, 0) is 19.4 Å². The first-order valence-corrected chi connectivity index (χ1v) is 8.19. The molecule has 0 unspecified atom stereocenters. The number of ether oxygens (including phenoxy) is 2. The predicted molar refractivity (Wildman–Crippen MR) is 96.4 cm³/mol. The Labute approximate surface area is 149 Å². The van der Waals surface area contributed by atoms with Crippen LogP contribution in [0, 0.1) is 0 Å². The van der Waals surface area contributed by atoms with E-state index in [0.717, 1.165) is 28.8 Å². The Morgan fingerprint density at radius 1 is 0.920 bits per heavy atom. The lowest BCUT2D eigenvalue weighted by molar-refractivity contribution is -0.898. The smallest absolute Gasteiger partial charge is 0.339 e. The third kappa shape index (κ3) is 3.82. The van der Waals surface area contributed by atoms with Gasteiger partial charge in [-0.1, -0.05) is 29.8 Å². The fraction of sp³-hybridized carbons (Fsp3) is 0.400. The van der Waals surface area contributed by atoms with Crippen LogP contribution in [0.4, 0.5) is 0 Å². The van der Waals surface area contributed by atoms with Crippen molar-refractivity contribution in [2.45, 2.75) is 20.4 Å². The molecule has 5 nitrogen and oxygen atoms in total. The highest BCUT2D eigenvalue weighted by molar-refractivity contribution is 6.24. The van der Waals surface area contributed by atoms with E-state index < -0.39 is 11.9 Å². The van der Waals surface area contributed by atoms with Crippen molar-refractivity contribution in [2.75, 3.05) is 34.9 Å². The van der Waals surface area contributed by atoms with Gasteiger partial charge in [0.1, 0.15) is 13.1 Å². The lowest BCUT2D eigenvalue weighted by Crippen LogP contribution is -2.42. The van der Waals surface area contributed by atoms with E-state index in [1.54, 1.807) is 0 Å². The topological polar surface area (TPSA) is 52.6 Å². The van der Waals surface area contributed by atoms with E-state index in [0.29, 0.717) is 16.6 Å². The molecule has 0 N–H and O–H groups in total. The van der Waals surface area contributed by atoms with E-state index in [1.807, 2.05) is 38.1 Å². The molecule has 0 bridgehead atoms. The van der Waals surface area contributed by atoms with Crippen LogP contribution in [0.2, 0.25) is 0 Å². The molecule has 5 heteroatoms. The van der Waals surface area contributed by atoms with Crippen LogP contribution in [0.25, 0.3) is 5.57 Å². The number of fused-ring (bicyclic) bond motifs is 1. The lowest BCUT2D eigenvalue weighted by atomic mass is 9.87. The number of carbonyl (C=O) groups excluding carboxylic acids is 2. The molecule has 1 aliphatic rings. The van der Waals surface area contributed by atoms with Crippen molar-refractivity contribution < 1.29 is 23.5 Å². The fourth-order valence-corrected chi connectivity index (χ4v) is 3.26. The number of hydrogen-bond acceptors (Lipinski definition) is 4. The fourth-order valence-electron chi connectivity index (χ4n) is 3.26. The Hall–Kier alpha value is -2.40. The molecule has 0 spiro atoms. The van der Waals surface area contributed by atoms with Crippen LogP contribution in [0.15, 0.2) is 41.0 Å². The summed E-state index contributed by atoms with van der Waals surface area (Å²) in [5, 5.41) is 0. The number of likely N-dealkylation sites (N-methyl/N-ethyl adjacent to an activating group) is 1. The average Bonchev–Trinajstić information content (AvgIpc) is 2.55. The highest BCUT2D eigenvalue weighted by Crippen LogP contribution is 2.34. The molecule has 1 aromatic rings. The zero-order valence-electron chi connectivity index (χ0n) is 15.8. The van der Waals surface area contributed by atoms with Crippen LogP contribution < -0.4 is 0 Å². The summed E-state index contributed by atoms with van der Waals surface area (Å²) in [5.74, 6) is -1.05. The summed E-state index contributed by atoms with van der Waals surface area (Å²) in [4.78, 5) is 25.3. The Morgan fingerprint density at radius 3 is 2.04 bits per heavy atom. The number of hydrogen-bond donors (Lipinski definition) is 0.